The average molecular weight is 334 g/mol. The predicted molar refractivity (Wildman–Crippen MR) is 85.2 cm³/mol. The highest BCUT2D eigenvalue weighted by Crippen LogP contribution is 2.32. The molecule has 1 fully saturated rings. The third-order valence-corrected chi connectivity index (χ3v) is 4.85. The number of rotatable bonds is 4. The van der Waals surface area contributed by atoms with Crippen molar-refractivity contribution in [3.8, 4) is 5.75 Å². The van der Waals surface area contributed by atoms with Crippen molar-refractivity contribution >= 4 is 17.4 Å². The van der Waals surface area contributed by atoms with Gasteiger partial charge in [-0.3, -0.25) is 0 Å². The van der Waals surface area contributed by atoms with E-state index in [1.807, 2.05) is 38.1 Å². The van der Waals surface area contributed by atoms with Crippen LogP contribution in [0.4, 0.5) is 4.79 Å². The summed E-state index contributed by atoms with van der Waals surface area (Å²) in [5, 5.41) is 21.9. The summed E-state index contributed by atoms with van der Waals surface area (Å²) in [4.78, 5) is 13.0. The predicted octanol–water partition coefficient (Wildman–Crippen LogP) is 2.00. The number of nitrogens with zero attached hydrogens (tertiary/aromatic N) is 3. The molecule has 0 radical (unpaired) electrons. The molecule has 1 aromatic heterocycles. The first-order valence-corrected chi connectivity index (χ1v) is 8.05. The molecule has 1 aliphatic heterocycles. The Hall–Kier alpha value is -2.19. The fourth-order valence-corrected chi connectivity index (χ4v) is 3.35. The van der Waals surface area contributed by atoms with E-state index in [0.717, 1.165) is 5.75 Å². The molecule has 2 heterocycles. The molecule has 3 atom stereocenters. The van der Waals surface area contributed by atoms with Crippen LogP contribution in [0.5, 0.6) is 5.75 Å². The van der Waals surface area contributed by atoms with E-state index in [-0.39, 0.29) is 12.1 Å². The van der Waals surface area contributed by atoms with Crippen LogP contribution in [0.2, 0.25) is 0 Å². The first-order valence-electron chi connectivity index (χ1n) is 7.23. The summed E-state index contributed by atoms with van der Waals surface area (Å²) < 4.78 is 5.86. The van der Waals surface area contributed by atoms with Gasteiger partial charge in [-0.05, 0) is 26.0 Å². The lowest BCUT2D eigenvalue weighted by Crippen LogP contribution is -2.26. The Kier molecular flexibility index (Phi) is 4.18. The number of benzene rings is 1. The fourth-order valence-electron chi connectivity index (χ4n) is 2.35. The Bertz CT molecular complexity index is 703. The third kappa shape index (κ3) is 3.13. The van der Waals surface area contributed by atoms with Crippen molar-refractivity contribution in [3.63, 3.8) is 0 Å². The second kappa shape index (κ2) is 6.13. The molecule has 23 heavy (non-hydrogen) atoms. The number of aliphatic hydroxyl groups excluding tert-OH is 1. The highest BCUT2D eigenvalue weighted by Gasteiger charge is 2.39. The van der Waals surface area contributed by atoms with E-state index in [4.69, 9.17) is 4.74 Å². The quantitative estimate of drug-likeness (QED) is 0.893. The van der Waals surface area contributed by atoms with Crippen LogP contribution in [-0.4, -0.2) is 39.5 Å². The van der Waals surface area contributed by atoms with Gasteiger partial charge in [-0.1, -0.05) is 29.0 Å². The van der Waals surface area contributed by atoms with Crippen LogP contribution in [0.25, 0.3) is 0 Å². The van der Waals surface area contributed by atoms with Crippen LogP contribution in [-0.2, 0) is 0 Å². The van der Waals surface area contributed by atoms with Gasteiger partial charge in [0.1, 0.15) is 22.9 Å². The number of likely N-dealkylation sites (N-methyl/N-ethyl adjacent to an activating group) is 1. The highest BCUT2D eigenvalue weighted by molar-refractivity contribution is 7.11. The molecule has 0 aliphatic carbocycles. The van der Waals surface area contributed by atoms with E-state index < -0.39 is 12.3 Å². The van der Waals surface area contributed by atoms with Crippen molar-refractivity contribution in [3.05, 3.63) is 39.8 Å². The zero-order chi connectivity index (χ0) is 16.6. The average Bonchev–Trinajstić information content (AvgIpc) is 3.07. The summed E-state index contributed by atoms with van der Waals surface area (Å²) in [6, 6.07) is 6.92. The van der Waals surface area contributed by atoms with Crippen molar-refractivity contribution in [1.29, 1.82) is 0 Å². The lowest BCUT2D eigenvalue weighted by Gasteiger charge is -2.16. The number of amides is 2. The number of aryl methyl sites for hydroxylation is 1. The molecule has 0 spiro atoms. The molecule has 1 aromatic carbocycles. The summed E-state index contributed by atoms with van der Waals surface area (Å²) in [6.45, 7) is 3.91. The minimum absolute atomic E-state index is 0.267. The van der Waals surface area contributed by atoms with Crippen molar-refractivity contribution in [1.82, 2.24) is 20.4 Å². The van der Waals surface area contributed by atoms with Crippen LogP contribution in [0.3, 0.4) is 0 Å². The number of carbonyl (C=O) groups is 1. The Morgan fingerprint density at radius 3 is 2.65 bits per heavy atom. The Balaban J connectivity index is 1.73. The van der Waals surface area contributed by atoms with Crippen LogP contribution in [0.15, 0.2) is 24.3 Å². The van der Waals surface area contributed by atoms with E-state index in [1.54, 1.807) is 7.05 Å². The number of carbonyl (C=O) groups excluding carboxylic acids is 1. The molecule has 1 aliphatic rings. The minimum atomic E-state index is -0.985. The maximum absolute atomic E-state index is 11.6. The minimum Gasteiger partial charge on any atom is -0.483 e. The van der Waals surface area contributed by atoms with Crippen LogP contribution in [0.1, 0.15) is 34.6 Å². The normalized spacial score (nSPS) is 22.1. The van der Waals surface area contributed by atoms with E-state index in [2.05, 4.69) is 15.5 Å². The summed E-state index contributed by atoms with van der Waals surface area (Å²) in [5.74, 6) is 0.759. The molecule has 2 N–H and O–H groups in total. The highest BCUT2D eigenvalue weighted by atomic mass is 32.1. The Morgan fingerprint density at radius 2 is 2.04 bits per heavy atom. The van der Waals surface area contributed by atoms with Gasteiger partial charge in [0.05, 0.1) is 0 Å². The van der Waals surface area contributed by atoms with Gasteiger partial charge >= 0.3 is 6.03 Å². The van der Waals surface area contributed by atoms with E-state index in [9.17, 15) is 9.90 Å². The Labute approximate surface area is 137 Å². The standard InChI is InChI=1S/C15H18N4O3S/c1-8-4-6-10(7-5-8)22-9(2)13-17-18-14(23-13)11-12(20)16-15(21)19(11)3/h4-7,9,11-12,20H,1-3H3,(H,16,21). The molecule has 8 heteroatoms. The molecule has 122 valence electrons. The van der Waals surface area contributed by atoms with Crippen molar-refractivity contribution in [2.24, 2.45) is 0 Å². The van der Waals surface area contributed by atoms with Gasteiger partial charge in [0.15, 0.2) is 11.2 Å². The van der Waals surface area contributed by atoms with Gasteiger partial charge in [-0.25, -0.2) is 4.79 Å². The molecular weight excluding hydrogens is 316 g/mol. The summed E-state index contributed by atoms with van der Waals surface area (Å²) in [5.41, 5.74) is 1.17. The number of aliphatic hydroxyl groups is 1. The lowest BCUT2D eigenvalue weighted by atomic mass is 10.2. The van der Waals surface area contributed by atoms with Crippen molar-refractivity contribution < 1.29 is 14.6 Å². The zero-order valence-electron chi connectivity index (χ0n) is 13.1. The van der Waals surface area contributed by atoms with Gasteiger partial charge in [-0.15, -0.1) is 10.2 Å². The van der Waals surface area contributed by atoms with Crippen molar-refractivity contribution in [2.45, 2.75) is 32.2 Å². The summed E-state index contributed by atoms with van der Waals surface area (Å²) in [6.07, 6.45) is -1.25. The van der Waals surface area contributed by atoms with Gasteiger partial charge in [0, 0.05) is 7.05 Å². The molecule has 1 saturated heterocycles. The van der Waals surface area contributed by atoms with Gasteiger partial charge in [0.2, 0.25) is 0 Å². The maximum Gasteiger partial charge on any atom is 0.319 e. The van der Waals surface area contributed by atoms with Gasteiger partial charge < -0.3 is 20.1 Å². The second-order valence-corrected chi connectivity index (χ2v) is 6.54. The number of aromatic nitrogens is 2. The van der Waals surface area contributed by atoms with Gasteiger partial charge in [0.25, 0.3) is 0 Å². The number of hydrogen-bond donors (Lipinski definition) is 2. The van der Waals surface area contributed by atoms with Gasteiger partial charge in [-0.2, -0.15) is 0 Å². The number of urea groups is 1. The molecular formula is C15H18N4O3S. The van der Waals surface area contributed by atoms with E-state index >= 15 is 0 Å². The third-order valence-electron chi connectivity index (χ3n) is 3.70. The van der Waals surface area contributed by atoms with Crippen LogP contribution >= 0.6 is 11.3 Å². The summed E-state index contributed by atoms with van der Waals surface area (Å²) in [7, 11) is 1.61. The smallest absolute Gasteiger partial charge is 0.319 e. The Morgan fingerprint density at radius 1 is 1.35 bits per heavy atom. The zero-order valence-corrected chi connectivity index (χ0v) is 13.9. The van der Waals surface area contributed by atoms with Crippen LogP contribution < -0.4 is 10.1 Å². The SMILES string of the molecule is Cc1ccc(OC(C)c2nnc(C3C(O)NC(=O)N3C)s2)cc1. The monoisotopic (exact) mass is 334 g/mol. The lowest BCUT2D eigenvalue weighted by molar-refractivity contribution is 0.114. The first kappa shape index (κ1) is 15.7. The first-order chi connectivity index (χ1) is 11.0. The van der Waals surface area contributed by atoms with Crippen LogP contribution in [0, 0.1) is 6.92 Å². The topological polar surface area (TPSA) is 87.6 Å². The number of hydrogen-bond acceptors (Lipinski definition) is 6. The molecule has 0 saturated carbocycles. The largest absolute Gasteiger partial charge is 0.483 e. The van der Waals surface area contributed by atoms with E-state index in [1.165, 1.54) is 21.8 Å². The molecule has 3 rings (SSSR count). The van der Waals surface area contributed by atoms with E-state index in [0.29, 0.717) is 10.0 Å². The summed E-state index contributed by atoms with van der Waals surface area (Å²) >= 11 is 1.33. The van der Waals surface area contributed by atoms with Crippen molar-refractivity contribution in [2.75, 3.05) is 7.05 Å². The maximum atomic E-state index is 11.6. The molecule has 3 unspecified atom stereocenters. The molecule has 7 nitrogen and oxygen atoms in total. The molecule has 2 aromatic rings. The fraction of sp³-hybridized carbons (Fsp3) is 0.400. The molecule has 2 amide bonds. The number of ether oxygens (including phenoxy) is 1. The number of nitrogens with one attached hydrogen (secondary N) is 1. The second-order valence-electron chi connectivity index (χ2n) is 5.50. The molecule has 0 bridgehead atoms.